The lowest BCUT2D eigenvalue weighted by atomic mass is 10.1. The zero-order chi connectivity index (χ0) is 14.4. The molecule has 5 heteroatoms. The van der Waals surface area contributed by atoms with E-state index in [0.717, 1.165) is 21.1 Å². The molecular weight excluding hydrogens is 400 g/mol. The van der Waals surface area contributed by atoms with E-state index >= 15 is 0 Å². The van der Waals surface area contributed by atoms with Gasteiger partial charge in [-0.05, 0) is 46.1 Å². The first-order valence-electron chi connectivity index (χ1n) is 6.27. The number of hydrogen-bond acceptors (Lipinski definition) is 3. The summed E-state index contributed by atoms with van der Waals surface area (Å²) in [5.41, 5.74) is 4.18. The maximum atomic E-state index is 5.68. The maximum Gasteiger partial charge on any atom is 0.0345 e. The van der Waals surface area contributed by atoms with Crippen LogP contribution in [0.5, 0.6) is 0 Å². The van der Waals surface area contributed by atoms with Crippen molar-refractivity contribution >= 4 is 43.6 Å². The van der Waals surface area contributed by atoms with Crippen molar-refractivity contribution in [3.63, 3.8) is 0 Å². The van der Waals surface area contributed by atoms with Gasteiger partial charge in [-0.1, -0.05) is 46.3 Å². The first kappa shape index (κ1) is 16.0. The number of benzene rings is 2. The van der Waals surface area contributed by atoms with Gasteiger partial charge in [0, 0.05) is 25.6 Å². The smallest absolute Gasteiger partial charge is 0.0345 e. The van der Waals surface area contributed by atoms with Gasteiger partial charge in [-0.2, -0.15) is 0 Å². The fourth-order valence-electron chi connectivity index (χ4n) is 1.85. The topological polar surface area (TPSA) is 38.0 Å². The van der Waals surface area contributed by atoms with E-state index in [1.807, 2.05) is 18.2 Å². The zero-order valence-electron chi connectivity index (χ0n) is 10.9. The van der Waals surface area contributed by atoms with Gasteiger partial charge in [0.05, 0.1) is 0 Å². The highest BCUT2D eigenvalue weighted by Crippen LogP contribution is 2.28. The summed E-state index contributed by atoms with van der Waals surface area (Å²) in [6, 6.07) is 16.7. The van der Waals surface area contributed by atoms with Crippen LogP contribution in [0.3, 0.4) is 0 Å². The molecule has 1 atom stereocenters. The first-order chi connectivity index (χ1) is 9.70. The standard InChI is InChI=1S/C15H16Br2N2S/c16-13-6-2-1-5-11(13)9-12(19-18)10-20-15-8-4-3-7-14(15)17/h1-8,12,19H,9-10,18H2. The molecule has 1 unspecified atom stereocenters. The fourth-order valence-corrected chi connectivity index (χ4v) is 3.90. The number of hydrazine groups is 1. The van der Waals surface area contributed by atoms with Crippen molar-refractivity contribution in [1.29, 1.82) is 0 Å². The minimum absolute atomic E-state index is 0.228. The van der Waals surface area contributed by atoms with Crippen LogP contribution in [-0.4, -0.2) is 11.8 Å². The summed E-state index contributed by atoms with van der Waals surface area (Å²) >= 11 is 8.95. The Labute approximate surface area is 140 Å². The normalized spacial score (nSPS) is 12.3. The Morgan fingerprint density at radius 2 is 1.65 bits per heavy atom. The van der Waals surface area contributed by atoms with Crippen molar-refractivity contribution in [3.8, 4) is 0 Å². The van der Waals surface area contributed by atoms with Crippen molar-refractivity contribution in [2.45, 2.75) is 17.4 Å². The molecule has 2 aromatic carbocycles. The van der Waals surface area contributed by atoms with Gasteiger partial charge in [0.15, 0.2) is 0 Å². The van der Waals surface area contributed by atoms with Gasteiger partial charge in [-0.25, -0.2) is 0 Å². The summed E-state index contributed by atoms with van der Waals surface area (Å²) in [6.45, 7) is 0. The molecule has 0 aromatic heterocycles. The summed E-state index contributed by atoms with van der Waals surface area (Å²) in [6.07, 6.45) is 0.898. The lowest BCUT2D eigenvalue weighted by Crippen LogP contribution is -2.38. The second kappa shape index (κ2) is 8.20. The molecule has 0 aliphatic rings. The molecular formula is C15H16Br2N2S. The molecule has 0 fully saturated rings. The summed E-state index contributed by atoms with van der Waals surface area (Å²) in [5.74, 6) is 6.60. The summed E-state index contributed by atoms with van der Waals surface area (Å²) in [5, 5.41) is 0. The molecule has 0 saturated carbocycles. The van der Waals surface area contributed by atoms with E-state index in [2.05, 4.69) is 67.6 Å². The van der Waals surface area contributed by atoms with Crippen molar-refractivity contribution < 1.29 is 0 Å². The number of nitrogens with one attached hydrogen (secondary N) is 1. The van der Waals surface area contributed by atoms with E-state index in [-0.39, 0.29) is 6.04 Å². The van der Waals surface area contributed by atoms with Crippen molar-refractivity contribution in [2.75, 3.05) is 5.75 Å². The van der Waals surface area contributed by atoms with Gasteiger partial charge in [0.25, 0.3) is 0 Å². The number of rotatable bonds is 6. The van der Waals surface area contributed by atoms with Crippen LogP contribution in [0.4, 0.5) is 0 Å². The Morgan fingerprint density at radius 1 is 1.00 bits per heavy atom. The van der Waals surface area contributed by atoms with E-state index in [1.54, 1.807) is 11.8 Å². The maximum absolute atomic E-state index is 5.68. The SMILES string of the molecule is NNC(CSc1ccccc1Br)Cc1ccccc1Br. The average molecular weight is 416 g/mol. The Hall–Kier alpha value is -0.330. The van der Waals surface area contributed by atoms with Gasteiger partial charge in [-0.15, -0.1) is 11.8 Å². The molecule has 0 aliphatic heterocycles. The van der Waals surface area contributed by atoms with Crippen LogP contribution in [0.2, 0.25) is 0 Å². The van der Waals surface area contributed by atoms with Gasteiger partial charge in [0.2, 0.25) is 0 Å². The molecule has 0 bridgehead atoms. The quantitative estimate of drug-likeness (QED) is 0.417. The predicted octanol–water partition coefficient (Wildman–Crippen LogP) is 4.38. The third kappa shape index (κ3) is 4.60. The zero-order valence-corrected chi connectivity index (χ0v) is 14.8. The van der Waals surface area contributed by atoms with Crippen LogP contribution >= 0.6 is 43.6 Å². The summed E-state index contributed by atoms with van der Waals surface area (Å²) in [7, 11) is 0. The highest BCUT2D eigenvalue weighted by molar-refractivity contribution is 9.10. The van der Waals surface area contributed by atoms with Gasteiger partial charge < -0.3 is 0 Å². The van der Waals surface area contributed by atoms with Gasteiger partial charge in [0.1, 0.15) is 0 Å². The van der Waals surface area contributed by atoms with Gasteiger partial charge in [-0.3, -0.25) is 11.3 Å². The van der Waals surface area contributed by atoms with Crippen LogP contribution in [-0.2, 0) is 6.42 Å². The second-order valence-electron chi connectivity index (χ2n) is 4.40. The molecule has 0 radical (unpaired) electrons. The Kier molecular flexibility index (Phi) is 6.58. The van der Waals surface area contributed by atoms with Gasteiger partial charge >= 0.3 is 0 Å². The Balaban J connectivity index is 1.96. The summed E-state index contributed by atoms with van der Waals surface area (Å²) in [4.78, 5) is 1.24. The monoisotopic (exact) mass is 414 g/mol. The van der Waals surface area contributed by atoms with E-state index in [4.69, 9.17) is 5.84 Å². The number of nitrogens with two attached hydrogens (primary N) is 1. The molecule has 2 rings (SSSR count). The van der Waals surface area contributed by atoms with Crippen molar-refractivity contribution in [3.05, 3.63) is 63.0 Å². The van der Waals surface area contributed by atoms with Crippen LogP contribution < -0.4 is 11.3 Å². The molecule has 20 heavy (non-hydrogen) atoms. The molecule has 106 valence electrons. The minimum Gasteiger partial charge on any atom is -0.271 e. The fraction of sp³-hybridized carbons (Fsp3) is 0.200. The highest BCUT2D eigenvalue weighted by atomic mass is 79.9. The third-order valence-corrected chi connectivity index (χ3v) is 5.90. The molecule has 3 N–H and O–H groups in total. The van der Waals surface area contributed by atoms with E-state index in [0.29, 0.717) is 0 Å². The van der Waals surface area contributed by atoms with Crippen LogP contribution in [0.1, 0.15) is 5.56 Å². The Morgan fingerprint density at radius 3 is 2.30 bits per heavy atom. The van der Waals surface area contributed by atoms with Crippen molar-refractivity contribution in [2.24, 2.45) is 5.84 Å². The van der Waals surface area contributed by atoms with Crippen LogP contribution in [0.15, 0.2) is 62.4 Å². The second-order valence-corrected chi connectivity index (χ2v) is 7.17. The van der Waals surface area contributed by atoms with E-state index < -0.39 is 0 Å². The summed E-state index contributed by atoms with van der Waals surface area (Å²) < 4.78 is 2.26. The minimum atomic E-state index is 0.228. The van der Waals surface area contributed by atoms with E-state index in [9.17, 15) is 0 Å². The molecule has 0 heterocycles. The molecule has 0 amide bonds. The highest BCUT2D eigenvalue weighted by Gasteiger charge is 2.11. The number of hydrogen-bond donors (Lipinski definition) is 2. The predicted molar refractivity (Wildman–Crippen MR) is 93.8 cm³/mol. The lowest BCUT2D eigenvalue weighted by Gasteiger charge is -2.16. The van der Waals surface area contributed by atoms with Crippen molar-refractivity contribution in [1.82, 2.24) is 5.43 Å². The molecule has 2 aromatic rings. The molecule has 2 nitrogen and oxygen atoms in total. The molecule has 0 aliphatic carbocycles. The van der Waals surface area contributed by atoms with Crippen LogP contribution in [0.25, 0.3) is 0 Å². The Bertz CT molecular complexity index is 563. The third-order valence-electron chi connectivity index (χ3n) is 2.94. The van der Waals surface area contributed by atoms with E-state index in [1.165, 1.54) is 10.5 Å². The lowest BCUT2D eigenvalue weighted by molar-refractivity contribution is 0.574. The molecule has 0 spiro atoms. The largest absolute Gasteiger partial charge is 0.271 e. The van der Waals surface area contributed by atoms with Crippen LogP contribution in [0, 0.1) is 0 Å². The number of thioether (sulfide) groups is 1. The number of halogens is 2. The molecule has 0 saturated heterocycles. The average Bonchev–Trinajstić information content (AvgIpc) is 2.47. The first-order valence-corrected chi connectivity index (χ1v) is 8.84.